The summed E-state index contributed by atoms with van der Waals surface area (Å²) < 4.78 is 0. The predicted molar refractivity (Wildman–Crippen MR) is 68.9 cm³/mol. The lowest BCUT2D eigenvalue weighted by Gasteiger charge is -2.46. The van der Waals surface area contributed by atoms with Crippen molar-refractivity contribution in [2.75, 3.05) is 0 Å². The maximum atomic E-state index is 2.52. The minimum Gasteiger partial charge on any atom is -0.0648 e. The first-order valence-electron chi connectivity index (χ1n) is 6.62. The van der Waals surface area contributed by atoms with Gasteiger partial charge in [0.25, 0.3) is 0 Å². The van der Waals surface area contributed by atoms with Crippen molar-refractivity contribution >= 4 is 0 Å². The van der Waals surface area contributed by atoms with Gasteiger partial charge >= 0.3 is 0 Å². The van der Waals surface area contributed by atoms with E-state index in [1.807, 2.05) is 0 Å². The van der Waals surface area contributed by atoms with Crippen LogP contribution in [0.1, 0.15) is 68.2 Å². The average molecular weight is 210 g/mol. The molecule has 0 heterocycles. The molecule has 1 fully saturated rings. The predicted octanol–water partition coefficient (Wildman–Crippen LogP) is 5.13. The van der Waals surface area contributed by atoms with Gasteiger partial charge in [-0.25, -0.2) is 0 Å². The molecule has 1 saturated carbocycles. The molecule has 0 aliphatic heterocycles. The topological polar surface area (TPSA) is 0 Å². The third-order valence-electron chi connectivity index (χ3n) is 6.26. The Morgan fingerprint density at radius 1 is 1.13 bits per heavy atom. The zero-order valence-corrected chi connectivity index (χ0v) is 12.1. The molecule has 0 aromatic carbocycles. The van der Waals surface area contributed by atoms with Crippen LogP contribution in [0, 0.1) is 28.1 Å². The van der Waals surface area contributed by atoms with Gasteiger partial charge in [0, 0.05) is 0 Å². The summed E-state index contributed by atoms with van der Waals surface area (Å²) in [6.07, 6.45) is 2.69. The largest absolute Gasteiger partial charge is 0.0648 e. The summed E-state index contributed by atoms with van der Waals surface area (Å²) in [6, 6.07) is 0. The smallest absolute Gasteiger partial charge is 0.0241 e. The van der Waals surface area contributed by atoms with Gasteiger partial charge < -0.3 is 0 Å². The maximum absolute atomic E-state index is 2.52. The third-order valence-corrected chi connectivity index (χ3v) is 6.26. The molecule has 90 valence electrons. The summed E-state index contributed by atoms with van der Waals surface area (Å²) in [7, 11) is 0. The van der Waals surface area contributed by atoms with E-state index in [-0.39, 0.29) is 0 Å². The van der Waals surface area contributed by atoms with E-state index in [2.05, 4.69) is 55.4 Å². The van der Waals surface area contributed by atoms with Gasteiger partial charge in [0.15, 0.2) is 0 Å². The van der Waals surface area contributed by atoms with Gasteiger partial charge in [0.05, 0.1) is 0 Å². The van der Waals surface area contributed by atoms with Crippen LogP contribution in [-0.2, 0) is 0 Å². The van der Waals surface area contributed by atoms with Gasteiger partial charge in [-0.2, -0.15) is 0 Å². The van der Waals surface area contributed by atoms with Crippen LogP contribution in [-0.4, -0.2) is 0 Å². The molecular weight excluding hydrogens is 180 g/mol. The second-order valence-corrected chi connectivity index (χ2v) is 7.23. The fourth-order valence-electron chi connectivity index (χ4n) is 4.23. The Morgan fingerprint density at radius 2 is 1.60 bits per heavy atom. The van der Waals surface area contributed by atoms with E-state index in [0.29, 0.717) is 16.2 Å². The molecule has 0 spiro atoms. The van der Waals surface area contributed by atoms with E-state index in [0.717, 1.165) is 11.8 Å². The fourth-order valence-corrected chi connectivity index (χ4v) is 4.23. The Kier molecular flexibility index (Phi) is 3.05. The molecule has 1 rings (SSSR count). The molecule has 15 heavy (non-hydrogen) atoms. The van der Waals surface area contributed by atoms with Crippen molar-refractivity contribution in [1.82, 2.24) is 0 Å². The molecule has 3 atom stereocenters. The first-order chi connectivity index (χ1) is 6.62. The Morgan fingerprint density at radius 3 is 1.87 bits per heavy atom. The zero-order chi connectivity index (χ0) is 12.1. The summed E-state index contributed by atoms with van der Waals surface area (Å²) in [5, 5.41) is 0. The molecule has 0 nitrogen and oxygen atoms in total. The van der Waals surface area contributed by atoms with Crippen molar-refractivity contribution in [3.8, 4) is 0 Å². The summed E-state index contributed by atoms with van der Waals surface area (Å²) >= 11 is 0. The molecule has 0 amide bonds. The number of rotatable bonds is 2. The van der Waals surface area contributed by atoms with Gasteiger partial charge in [-0.1, -0.05) is 55.4 Å². The monoisotopic (exact) mass is 210 g/mol. The highest BCUT2D eigenvalue weighted by Crippen LogP contribution is 2.67. The minimum absolute atomic E-state index is 0.504. The quantitative estimate of drug-likeness (QED) is 0.592. The highest BCUT2D eigenvalue weighted by atomic mass is 14.6. The minimum atomic E-state index is 0.504. The average Bonchev–Trinajstić information content (AvgIpc) is 2.26. The lowest BCUT2D eigenvalue weighted by atomic mass is 9.58. The molecule has 0 aromatic rings. The van der Waals surface area contributed by atoms with Crippen molar-refractivity contribution in [2.24, 2.45) is 28.1 Å². The van der Waals surface area contributed by atoms with Gasteiger partial charge in [-0.3, -0.25) is 0 Å². The highest BCUT2D eigenvalue weighted by molar-refractivity contribution is 5.08. The van der Waals surface area contributed by atoms with Gasteiger partial charge in [-0.05, 0) is 40.9 Å². The molecule has 0 bridgehead atoms. The highest BCUT2D eigenvalue weighted by Gasteiger charge is 2.59. The van der Waals surface area contributed by atoms with E-state index < -0.39 is 0 Å². The lowest BCUT2D eigenvalue weighted by molar-refractivity contribution is 0.0222. The van der Waals surface area contributed by atoms with Crippen LogP contribution in [0.3, 0.4) is 0 Å². The van der Waals surface area contributed by atoms with Crippen LogP contribution in [0.25, 0.3) is 0 Å². The summed E-state index contributed by atoms with van der Waals surface area (Å²) in [5.41, 5.74) is 1.51. The molecule has 0 radical (unpaired) electrons. The van der Waals surface area contributed by atoms with Crippen LogP contribution in [0.2, 0.25) is 0 Å². The molecule has 0 heteroatoms. The molecule has 1 aliphatic rings. The Bertz CT molecular complexity index is 236. The molecule has 1 aliphatic carbocycles. The van der Waals surface area contributed by atoms with Crippen molar-refractivity contribution in [3.05, 3.63) is 0 Å². The normalized spacial score (nSPS) is 45.0. The lowest BCUT2D eigenvalue weighted by Crippen LogP contribution is -2.39. The van der Waals surface area contributed by atoms with E-state index in [9.17, 15) is 0 Å². The first-order valence-corrected chi connectivity index (χ1v) is 6.62. The third kappa shape index (κ3) is 1.56. The molecular formula is C15H30. The first kappa shape index (κ1) is 13.1. The van der Waals surface area contributed by atoms with E-state index in [4.69, 9.17) is 0 Å². The standard InChI is InChI=1S/C15H30/c1-9-14(7)12(4)13(5,6)10-15(14,8)11(2)3/h11-12H,9-10H2,1-8H3. The summed E-state index contributed by atoms with van der Waals surface area (Å²) in [6.45, 7) is 19.6. The van der Waals surface area contributed by atoms with Crippen molar-refractivity contribution in [1.29, 1.82) is 0 Å². The molecule has 0 aromatic heterocycles. The van der Waals surface area contributed by atoms with Crippen molar-refractivity contribution in [3.63, 3.8) is 0 Å². The maximum Gasteiger partial charge on any atom is -0.0241 e. The summed E-state index contributed by atoms with van der Waals surface area (Å²) in [5.74, 6) is 1.61. The van der Waals surface area contributed by atoms with E-state index in [1.165, 1.54) is 12.8 Å². The van der Waals surface area contributed by atoms with Crippen LogP contribution in [0.15, 0.2) is 0 Å². The van der Waals surface area contributed by atoms with Crippen LogP contribution in [0.4, 0.5) is 0 Å². The Hall–Kier alpha value is 0. The van der Waals surface area contributed by atoms with Crippen LogP contribution >= 0.6 is 0 Å². The number of hydrogen-bond acceptors (Lipinski definition) is 0. The SMILES string of the molecule is CCC1(C)C(C)C(C)(C)CC1(C)C(C)C. The molecule has 3 unspecified atom stereocenters. The molecule has 0 saturated heterocycles. The van der Waals surface area contributed by atoms with E-state index >= 15 is 0 Å². The zero-order valence-electron chi connectivity index (χ0n) is 12.1. The van der Waals surface area contributed by atoms with Gasteiger partial charge in [0.2, 0.25) is 0 Å². The van der Waals surface area contributed by atoms with Gasteiger partial charge in [0.1, 0.15) is 0 Å². The summed E-state index contributed by atoms with van der Waals surface area (Å²) in [4.78, 5) is 0. The second-order valence-electron chi connectivity index (χ2n) is 7.23. The Balaban J connectivity index is 3.21. The van der Waals surface area contributed by atoms with Crippen LogP contribution in [0.5, 0.6) is 0 Å². The van der Waals surface area contributed by atoms with Crippen molar-refractivity contribution in [2.45, 2.75) is 68.2 Å². The Labute approximate surface area is 96.8 Å². The van der Waals surface area contributed by atoms with Crippen molar-refractivity contribution < 1.29 is 0 Å². The number of hydrogen-bond donors (Lipinski definition) is 0. The van der Waals surface area contributed by atoms with E-state index in [1.54, 1.807) is 0 Å². The van der Waals surface area contributed by atoms with Crippen LogP contribution < -0.4 is 0 Å². The second kappa shape index (κ2) is 3.50. The fraction of sp³-hybridized carbons (Fsp3) is 1.00. The van der Waals surface area contributed by atoms with Gasteiger partial charge in [-0.15, -0.1) is 0 Å². The molecule has 0 N–H and O–H groups in total.